The summed E-state index contributed by atoms with van der Waals surface area (Å²) in [4.78, 5) is 4.31. The van der Waals surface area contributed by atoms with Gasteiger partial charge in [0.1, 0.15) is 0 Å². The molecule has 1 fully saturated rings. The van der Waals surface area contributed by atoms with Crippen molar-refractivity contribution in [2.24, 2.45) is 10.4 Å². The molecule has 1 aromatic carbocycles. The molecule has 1 heterocycles. The Balaban J connectivity index is 0.00000364. The normalized spacial score (nSPS) is 20.3. The number of rotatable bonds is 7. The largest absolute Gasteiger partial charge is 0.396 e. The molecule has 0 bridgehead atoms. The first-order chi connectivity index (χ1) is 12.4. The Morgan fingerprint density at radius 3 is 2.44 bits per heavy atom. The van der Waals surface area contributed by atoms with E-state index >= 15 is 0 Å². The fourth-order valence-electron chi connectivity index (χ4n) is 3.30. The lowest BCUT2D eigenvalue weighted by atomic mass is 9.84. The van der Waals surface area contributed by atoms with Gasteiger partial charge in [0.25, 0.3) is 0 Å². The smallest absolute Gasteiger partial charge is 0.191 e. The van der Waals surface area contributed by atoms with Gasteiger partial charge < -0.3 is 20.5 Å². The van der Waals surface area contributed by atoms with Gasteiger partial charge in [-0.1, -0.05) is 45.0 Å². The van der Waals surface area contributed by atoms with Crippen LogP contribution in [0, 0.1) is 5.41 Å². The number of guanidine groups is 1. The molecule has 1 unspecified atom stereocenters. The Bertz CT molecular complexity index is 576. The number of aliphatic hydroxyl groups is 1. The van der Waals surface area contributed by atoms with Crippen molar-refractivity contribution in [1.82, 2.24) is 10.6 Å². The quantitative estimate of drug-likeness (QED) is 0.313. The SMILES string of the molecule is CN=C(NCCc1ccc(C(C)(C)C)cc1)NCC1(CCO)CCOC1.I. The average molecular weight is 489 g/mol. The summed E-state index contributed by atoms with van der Waals surface area (Å²) in [6.07, 6.45) is 2.70. The minimum absolute atomic E-state index is 0. The van der Waals surface area contributed by atoms with Crippen molar-refractivity contribution < 1.29 is 9.84 Å². The molecular formula is C21H36IN3O2. The number of nitrogens with one attached hydrogen (secondary N) is 2. The van der Waals surface area contributed by atoms with Gasteiger partial charge in [-0.2, -0.15) is 0 Å². The summed E-state index contributed by atoms with van der Waals surface area (Å²) < 4.78 is 5.54. The van der Waals surface area contributed by atoms with Crippen molar-refractivity contribution in [3.63, 3.8) is 0 Å². The number of benzene rings is 1. The lowest BCUT2D eigenvalue weighted by molar-refractivity contribution is 0.127. The second-order valence-electron chi connectivity index (χ2n) is 8.33. The van der Waals surface area contributed by atoms with Crippen LogP contribution in [0.2, 0.25) is 0 Å². The van der Waals surface area contributed by atoms with Gasteiger partial charge >= 0.3 is 0 Å². The Morgan fingerprint density at radius 2 is 1.93 bits per heavy atom. The number of nitrogens with zero attached hydrogens (tertiary/aromatic N) is 1. The van der Waals surface area contributed by atoms with Crippen molar-refractivity contribution in [2.45, 2.75) is 45.4 Å². The molecular weight excluding hydrogens is 453 g/mol. The first-order valence-electron chi connectivity index (χ1n) is 9.61. The molecule has 2 rings (SSSR count). The monoisotopic (exact) mass is 489 g/mol. The lowest BCUT2D eigenvalue weighted by Crippen LogP contribution is -2.45. The van der Waals surface area contributed by atoms with Crippen LogP contribution in [0.25, 0.3) is 0 Å². The molecule has 0 aliphatic carbocycles. The number of aliphatic imine (C=N–C) groups is 1. The van der Waals surface area contributed by atoms with Gasteiger partial charge in [0.2, 0.25) is 0 Å². The maximum atomic E-state index is 9.32. The Kier molecular flexibility index (Phi) is 10.0. The van der Waals surface area contributed by atoms with Crippen LogP contribution in [0.3, 0.4) is 0 Å². The summed E-state index contributed by atoms with van der Waals surface area (Å²) in [6, 6.07) is 8.87. The van der Waals surface area contributed by atoms with Crippen molar-refractivity contribution in [3.05, 3.63) is 35.4 Å². The van der Waals surface area contributed by atoms with Gasteiger partial charge in [-0.05, 0) is 35.8 Å². The topological polar surface area (TPSA) is 65.9 Å². The highest BCUT2D eigenvalue weighted by Crippen LogP contribution is 2.31. The van der Waals surface area contributed by atoms with Crippen LogP contribution in [-0.2, 0) is 16.6 Å². The van der Waals surface area contributed by atoms with E-state index in [1.807, 2.05) is 0 Å². The molecule has 0 radical (unpaired) electrons. The summed E-state index contributed by atoms with van der Waals surface area (Å²) in [5.74, 6) is 0.806. The van der Waals surface area contributed by atoms with Crippen LogP contribution in [0.15, 0.2) is 29.3 Å². The molecule has 1 aliphatic heterocycles. The van der Waals surface area contributed by atoms with Crippen LogP contribution in [0.1, 0.15) is 44.7 Å². The Hall–Kier alpha value is -0.860. The van der Waals surface area contributed by atoms with Crippen LogP contribution in [0.5, 0.6) is 0 Å². The predicted molar refractivity (Wildman–Crippen MR) is 123 cm³/mol. The first kappa shape index (κ1) is 24.2. The zero-order chi connectivity index (χ0) is 19.0. The molecule has 3 N–H and O–H groups in total. The highest BCUT2D eigenvalue weighted by atomic mass is 127. The van der Waals surface area contributed by atoms with Crippen molar-refractivity contribution in [1.29, 1.82) is 0 Å². The molecule has 0 aromatic heterocycles. The third-order valence-electron chi connectivity index (χ3n) is 5.21. The van der Waals surface area contributed by atoms with E-state index in [0.29, 0.717) is 6.61 Å². The summed E-state index contributed by atoms with van der Waals surface area (Å²) >= 11 is 0. The maximum absolute atomic E-state index is 9.32. The number of hydrogen-bond donors (Lipinski definition) is 3. The van der Waals surface area contributed by atoms with E-state index in [2.05, 4.69) is 60.7 Å². The fraction of sp³-hybridized carbons (Fsp3) is 0.667. The van der Waals surface area contributed by atoms with Gasteiger partial charge in [0, 0.05) is 38.8 Å². The highest BCUT2D eigenvalue weighted by molar-refractivity contribution is 14.0. The van der Waals surface area contributed by atoms with E-state index in [4.69, 9.17) is 4.74 Å². The Morgan fingerprint density at radius 1 is 1.22 bits per heavy atom. The van der Waals surface area contributed by atoms with Gasteiger partial charge in [-0.25, -0.2) is 0 Å². The van der Waals surface area contributed by atoms with Crippen molar-refractivity contribution in [3.8, 4) is 0 Å². The molecule has 0 amide bonds. The van der Waals surface area contributed by atoms with E-state index in [9.17, 15) is 5.11 Å². The Labute approximate surface area is 181 Å². The third-order valence-corrected chi connectivity index (χ3v) is 5.21. The van der Waals surface area contributed by atoms with E-state index in [0.717, 1.165) is 44.9 Å². The third kappa shape index (κ3) is 7.58. The zero-order valence-corrected chi connectivity index (χ0v) is 19.5. The van der Waals surface area contributed by atoms with Crippen LogP contribution >= 0.6 is 24.0 Å². The van der Waals surface area contributed by atoms with Crippen molar-refractivity contribution >= 4 is 29.9 Å². The first-order valence-corrected chi connectivity index (χ1v) is 9.61. The molecule has 154 valence electrons. The molecule has 1 saturated heterocycles. The van der Waals surface area contributed by atoms with Crippen LogP contribution < -0.4 is 10.6 Å². The molecule has 5 nitrogen and oxygen atoms in total. The molecule has 0 saturated carbocycles. The van der Waals surface area contributed by atoms with E-state index < -0.39 is 0 Å². The zero-order valence-electron chi connectivity index (χ0n) is 17.2. The van der Waals surface area contributed by atoms with Gasteiger partial charge in [0.05, 0.1) is 6.61 Å². The molecule has 1 atom stereocenters. The minimum Gasteiger partial charge on any atom is -0.396 e. The average Bonchev–Trinajstić information content (AvgIpc) is 3.07. The van der Waals surface area contributed by atoms with E-state index in [-0.39, 0.29) is 41.4 Å². The fourth-order valence-corrected chi connectivity index (χ4v) is 3.30. The second-order valence-corrected chi connectivity index (χ2v) is 8.33. The van der Waals surface area contributed by atoms with E-state index in [1.165, 1.54) is 11.1 Å². The molecule has 6 heteroatoms. The highest BCUT2D eigenvalue weighted by Gasteiger charge is 2.34. The summed E-state index contributed by atoms with van der Waals surface area (Å²) in [5, 5.41) is 16.1. The maximum Gasteiger partial charge on any atom is 0.191 e. The van der Waals surface area contributed by atoms with E-state index in [1.54, 1.807) is 7.05 Å². The van der Waals surface area contributed by atoms with Crippen molar-refractivity contribution in [2.75, 3.05) is 40.0 Å². The van der Waals surface area contributed by atoms with Gasteiger partial charge in [0.15, 0.2) is 5.96 Å². The number of ether oxygens (including phenoxy) is 1. The number of hydrogen-bond acceptors (Lipinski definition) is 3. The second kappa shape index (κ2) is 11.2. The minimum atomic E-state index is 0. The van der Waals surface area contributed by atoms with Gasteiger partial charge in [-0.15, -0.1) is 24.0 Å². The lowest BCUT2D eigenvalue weighted by Gasteiger charge is -2.27. The summed E-state index contributed by atoms with van der Waals surface area (Å²) in [5.41, 5.74) is 2.90. The van der Waals surface area contributed by atoms with Crippen LogP contribution in [-0.4, -0.2) is 51.0 Å². The molecule has 27 heavy (non-hydrogen) atoms. The molecule has 1 aliphatic rings. The summed E-state index contributed by atoms with van der Waals surface area (Å²) in [7, 11) is 1.79. The van der Waals surface area contributed by atoms with Crippen LogP contribution in [0.4, 0.5) is 0 Å². The number of aliphatic hydroxyl groups excluding tert-OH is 1. The summed E-state index contributed by atoms with van der Waals surface area (Å²) in [6.45, 7) is 9.98. The molecule has 1 aromatic rings. The number of halogens is 1. The standard InChI is InChI=1S/C21H35N3O2.HI/c1-20(2,3)18-7-5-17(6-8-18)9-12-23-19(22-4)24-15-21(10-13-25)11-14-26-16-21;/h5-8,25H,9-16H2,1-4H3,(H2,22,23,24);1H. The van der Waals surface area contributed by atoms with Gasteiger partial charge in [-0.3, -0.25) is 4.99 Å². The molecule has 0 spiro atoms. The predicted octanol–water partition coefficient (Wildman–Crippen LogP) is 3.10.